The van der Waals surface area contributed by atoms with Gasteiger partial charge in [-0.05, 0) is 24.0 Å². The summed E-state index contributed by atoms with van der Waals surface area (Å²) in [6, 6.07) is 6.16. The van der Waals surface area contributed by atoms with Crippen molar-refractivity contribution in [3.05, 3.63) is 62.0 Å². The number of aromatic nitrogens is 3. The van der Waals surface area contributed by atoms with Crippen molar-refractivity contribution in [1.82, 2.24) is 14.5 Å². The van der Waals surface area contributed by atoms with Crippen molar-refractivity contribution in [3.8, 4) is 10.6 Å². The van der Waals surface area contributed by atoms with Crippen LogP contribution in [0.1, 0.15) is 37.4 Å². The molecule has 10 heteroatoms. The maximum atomic E-state index is 14.2. The van der Waals surface area contributed by atoms with E-state index in [1.165, 1.54) is 21.7 Å². The van der Waals surface area contributed by atoms with Crippen molar-refractivity contribution in [3.63, 3.8) is 0 Å². The molecule has 0 saturated heterocycles. The molecule has 1 amide bonds. The molecule has 0 spiro atoms. The Balaban J connectivity index is 2.09. The van der Waals surface area contributed by atoms with Crippen LogP contribution in [0.25, 0.3) is 10.6 Å². The molecule has 2 heterocycles. The molecule has 1 aromatic carbocycles. The van der Waals surface area contributed by atoms with E-state index in [-0.39, 0.29) is 46.9 Å². The van der Waals surface area contributed by atoms with Crippen molar-refractivity contribution < 1.29 is 9.18 Å². The number of thiazole rings is 1. The summed E-state index contributed by atoms with van der Waals surface area (Å²) in [6.07, 6.45) is 1.36. The molecule has 0 saturated carbocycles. The van der Waals surface area contributed by atoms with Gasteiger partial charge >= 0.3 is 5.69 Å². The zero-order chi connectivity index (χ0) is 23.6. The standard InChI is InChI=1S/C22H26FN5O3S/c1-12(2)10-27(17-18(24)28(11-13(3)4)22(31)26-19(17)29)21(30)16-9-25-20(32-16)14-7-5-6-8-15(14)23/h5-9,12-13H,10-11,24H2,1-4H3,(H,26,29,31). The Bertz CT molecular complexity index is 1240. The van der Waals surface area contributed by atoms with Crippen LogP contribution < -0.4 is 21.9 Å². The van der Waals surface area contributed by atoms with Crippen molar-refractivity contribution >= 4 is 28.7 Å². The van der Waals surface area contributed by atoms with Crippen molar-refractivity contribution in [2.24, 2.45) is 11.8 Å². The highest BCUT2D eigenvalue weighted by Crippen LogP contribution is 2.29. The molecule has 0 aliphatic carbocycles. The second kappa shape index (κ2) is 9.47. The largest absolute Gasteiger partial charge is 0.383 e. The monoisotopic (exact) mass is 459 g/mol. The molecule has 3 N–H and O–H groups in total. The highest BCUT2D eigenvalue weighted by atomic mass is 32.1. The first kappa shape index (κ1) is 23.4. The molecule has 0 fully saturated rings. The molecule has 3 aromatic rings. The molecule has 8 nitrogen and oxygen atoms in total. The summed E-state index contributed by atoms with van der Waals surface area (Å²) in [4.78, 5) is 46.4. The maximum absolute atomic E-state index is 14.2. The summed E-state index contributed by atoms with van der Waals surface area (Å²) >= 11 is 1.02. The number of hydrogen-bond donors (Lipinski definition) is 2. The number of nitrogens with one attached hydrogen (secondary N) is 1. The first-order chi connectivity index (χ1) is 15.1. The smallest absolute Gasteiger partial charge is 0.330 e. The normalized spacial score (nSPS) is 11.3. The number of amides is 1. The lowest BCUT2D eigenvalue weighted by atomic mass is 10.2. The number of nitrogens with zero attached hydrogens (tertiary/aromatic N) is 3. The van der Waals surface area contributed by atoms with Crippen LogP contribution in [0.2, 0.25) is 0 Å². The summed E-state index contributed by atoms with van der Waals surface area (Å²) < 4.78 is 15.4. The van der Waals surface area contributed by atoms with Gasteiger partial charge in [0.05, 0.1) is 6.20 Å². The Morgan fingerprint density at radius 3 is 2.53 bits per heavy atom. The highest BCUT2D eigenvalue weighted by molar-refractivity contribution is 7.17. The molecule has 170 valence electrons. The Kier molecular flexibility index (Phi) is 6.93. The third-order valence-electron chi connectivity index (χ3n) is 4.65. The minimum absolute atomic E-state index is 0.00202. The predicted octanol–water partition coefficient (Wildman–Crippen LogP) is 3.34. The molecule has 3 rings (SSSR count). The molecule has 0 radical (unpaired) electrons. The summed E-state index contributed by atoms with van der Waals surface area (Å²) in [6.45, 7) is 8.10. The van der Waals surface area contributed by atoms with Crippen LogP contribution in [-0.4, -0.2) is 27.0 Å². The fraction of sp³-hybridized carbons (Fsp3) is 0.364. The van der Waals surface area contributed by atoms with E-state index < -0.39 is 23.0 Å². The number of aromatic amines is 1. The van der Waals surface area contributed by atoms with E-state index in [2.05, 4.69) is 9.97 Å². The third-order valence-corrected chi connectivity index (χ3v) is 5.66. The number of carbonyl (C=O) groups is 1. The van der Waals surface area contributed by atoms with E-state index in [9.17, 15) is 18.8 Å². The fourth-order valence-corrected chi connectivity index (χ4v) is 4.18. The first-order valence-corrected chi connectivity index (χ1v) is 11.1. The van der Waals surface area contributed by atoms with Gasteiger partial charge < -0.3 is 5.73 Å². The average Bonchev–Trinajstić information content (AvgIpc) is 3.19. The summed E-state index contributed by atoms with van der Waals surface area (Å²) in [5.74, 6) is -0.914. The Hall–Kier alpha value is -3.27. The molecule has 0 atom stereocenters. The van der Waals surface area contributed by atoms with Crippen molar-refractivity contribution in [2.75, 3.05) is 17.2 Å². The van der Waals surface area contributed by atoms with E-state index >= 15 is 0 Å². The van der Waals surface area contributed by atoms with Crippen LogP contribution in [0.5, 0.6) is 0 Å². The van der Waals surface area contributed by atoms with Crippen LogP contribution in [0.15, 0.2) is 40.1 Å². The fourth-order valence-electron chi connectivity index (χ4n) is 3.29. The van der Waals surface area contributed by atoms with Crippen LogP contribution in [0.3, 0.4) is 0 Å². The molecule has 32 heavy (non-hydrogen) atoms. The number of nitrogen functional groups attached to an aromatic ring is 1. The minimum atomic E-state index is -0.736. The number of nitrogens with two attached hydrogens (primary N) is 1. The molecular weight excluding hydrogens is 433 g/mol. The van der Waals surface area contributed by atoms with Gasteiger partial charge in [0, 0.05) is 18.7 Å². The summed E-state index contributed by atoms with van der Waals surface area (Å²) in [7, 11) is 0. The van der Waals surface area contributed by atoms with E-state index in [0.717, 1.165) is 11.3 Å². The number of H-pyrrole nitrogens is 1. The average molecular weight is 460 g/mol. The molecule has 0 aliphatic rings. The molecular formula is C22H26FN5O3S. The molecule has 0 bridgehead atoms. The quantitative estimate of drug-likeness (QED) is 0.562. The van der Waals surface area contributed by atoms with Crippen LogP contribution in [-0.2, 0) is 6.54 Å². The predicted molar refractivity (Wildman–Crippen MR) is 125 cm³/mol. The van der Waals surface area contributed by atoms with Gasteiger partial charge in [-0.2, -0.15) is 0 Å². The second-order valence-electron chi connectivity index (χ2n) is 8.32. The number of benzene rings is 1. The number of hydrogen-bond acceptors (Lipinski definition) is 6. The lowest BCUT2D eigenvalue weighted by molar-refractivity contribution is 0.0987. The number of halogens is 1. The van der Waals surface area contributed by atoms with Gasteiger partial charge in [0.25, 0.3) is 11.5 Å². The highest BCUT2D eigenvalue weighted by Gasteiger charge is 2.28. The van der Waals surface area contributed by atoms with Crippen molar-refractivity contribution in [2.45, 2.75) is 34.2 Å². The number of anilines is 2. The van der Waals surface area contributed by atoms with E-state index in [1.807, 2.05) is 27.7 Å². The minimum Gasteiger partial charge on any atom is -0.383 e. The lowest BCUT2D eigenvalue weighted by Gasteiger charge is -2.25. The first-order valence-electron chi connectivity index (χ1n) is 10.2. The van der Waals surface area contributed by atoms with Crippen LogP contribution in [0.4, 0.5) is 15.9 Å². The second-order valence-corrected chi connectivity index (χ2v) is 9.35. The van der Waals surface area contributed by atoms with Crippen LogP contribution in [0, 0.1) is 17.7 Å². The van der Waals surface area contributed by atoms with Crippen molar-refractivity contribution in [1.29, 1.82) is 0 Å². The Labute approximate surface area is 188 Å². The SMILES string of the molecule is CC(C)CN(C(=O)c1cnc(-c2ccccc2F)s1)c1c(N)n(CC(C)C)c(=O)[nH]c1=O. The number of rotatable bonds is 7. The van der Waals surface area contributed by atoms with E-state index in [0.29, 0.717) is 5.01 Å². The maximum Gasteiger partial charge on any atom is 0.330 e. The zero-order valence-electron chi connectivity index (χ0n) is 18.4. The van der Waals surface area contributed by atoms with Gasteiger partial charge in [-0.25, -0.2) is 14.2 Å². The molecule has 0 unspecified atom stereocenters. The molecule has 0 aliphatic heterocycles. The van der Waals surface area contributed by atoms with Crippen LogP contribution >= 0.6 is 11.3 Å². The summed E-state index contributed by atoms with van der Waals surface area (Å²) in [5.41, 5.74) is 5.08. The Morgan fingerprint density at radius 1 is 1.22 bits per heavy atom. The van der Waals surface area contributed by atoms with E-state index in [1.54, 1.807) is 18.2 Å². The zero-order valence-corrected chi connectivity index (χ0v) is 19.2. The van der Waals surface area contributed by atoms with Gasteiger partial charge in [0.15, 0.2) is 5.69 Å². The van der Waals surface area contributed by atoms with Gasteiger partial charge in [0.1, 0.15) is 21.5 Å². The third kappa shape index (κ3) is 4.80. The summed E-state index contributed by atoms with van der Waals surface area (Å²) in [5, 5.41) is 0.350. The van der Waals surface area contributed by atoms with Gasteiger partial charge in [-0.15, -0.1) is 11.3 Å². The van der Waals surface area contributed by atoms with Gasteiger partial charge in [0.2, 0.25) is 0 Å². The molecule has 2 aromatic heterocycles. The van der Waals surface area contributed by atoms with E-state index in [4.69, 9.17) is 5.73 Å². The van der Waals surface area contributed by atoms with Gasteiger partial charge in [-0.1, -0.05) is 39.8 Å². The Morgan fingerprint density at radius 2 is 1.91 bits per heavy atom. The van der Waals surface area contributed by atoms with Gasteiger partial charge in [-0.3, -0.25) is 24.0 Å². The topological polar surface area (TPSA) is 114 Å². The lowest BCUT2D eigenvalue weighted by Crippen LogP contribution is -2.42. The number of carbonyl (C=O) groups excluding carboxylic acids is 1.